The number of benzene rings is 1. The van der Waals surface area contributed by atoms with Crippen LogP contribution >= 0.6 is 0 Å². The molecule has 0 aliphatic carbocycles. The zero-order valence-electron chi connectivity index (χ0n) is 15.9. The summed E-state index contributed by atoms with van der Waals surface area (Å²) in [5, 5.41) is 12.5. The summed E-state index contributed by atoms with van der Waals surface area (Å²) in [4.78, 5) is 13.1. The van der Waals surface area contributed by atoms with E-state index in [2.05, 4.69) is 31.7 Å². The van der Waals surface area contributed by atoms with Crippen molar-refractivity contribution in [3.63, 3.8) is 0 Å². The molecule has 1 aromatic carbocycles. The topological polar surface area (TPSA) is 64.5 Å². The predicted molar refractivity (Wildman–Crippen MR) is 106 cm³/mol. The first kappa shape index (κ1) is 21.1. The Balaban J connectivity index is 1.77. The zero-order chi connectivity index (χ0) is 20.9. The molecule has 29 heavy (non-hydrogen) atoms. The molecule has 0 unspecified atom stereocenters. The van der Waals surface area contributed by atoms with Crippen molar-refractivity contribution in [1.29, 1.82) is 0 Å². The Morgan fingerprint density at radius 1 is 1.17 bits per heavy atom. The van der Waals surface area contributed by atoms with Gasteiger partial charge in [-0.25, -0.2) is 9.97 Å². The van der Waals surface area contributed by atoms with Gasteiger partial charge in [-0.2, -0.15) is 13.2 Å². The van der Waals surface area contributed by atoms with Crippen LogP contribution in [0.4, 0.5) is 30.5 Å². The Morgan fingerprint density at radius 2 is 1.90 bits per heavy atom. The summed E-state index contributed by atoms with van der Waals surface area (Å²) in [7, 11) is 0. The van der Waals surface area contributed by atoms with Crippen molar-refractivity contribution in [3.05, 3.63) is 54.9 Å². The highest BCUT2D eigenvalue weighted by atomic mass is 19.4. The molecule has 1 saturated heterocycles. The number of rotatable bonds is 7. The van der Waals surface area contributed by atoms with E-state index in [4.69, 9.17) is 0 Å². The second-order valence-electron chi connectivity index (χ2n) is 6.82. The molecule has 156 valence electrons. The molecule has 9 heteroatoms. The average Bonchev–Trinajstić information content (AvgIpc) is 2.70. The molecular weight excluding hydrogens is 383 g/mol. The fourth-order valence-corrected chi connectivity index (χ4v) is 3.44. The number of aliphatic hydroxyl groups excluding tert-OH is 1. The molecule has 3 rings (SSSR count). The molecular formula is C20H24F3N5O. The Bertz CT molecular complexity index is 813. The SMILES string of the molecule is C=CCN1CCN(c2nccnc2Nc2ccc(C(F)(F)F)cc2)C[C@@H]1CCO. The number of alkyl halides is 3. The Morgan fingerprint density at radius 3 is 2.55 bits per heavy atom. The highest BCUT2D eigenvalue weighted by Gasteiger charge is 2.30. The third-order valence-corrected chi connectivity index (χ3v) is 4.88. The van der Waals surface area contributed by atoms with Gasteiger partial charge >= 0.3 is 6.18 Å². The van der Waals surface area contributed by atoms with Crippen LogP contribution in [-0.2, 0) is 6.18 Å². The number of nitrogens with zero attached hydrogens (tertiary/aromatic N) is 4. The highest BCUT2D eigenvalue weighted by molar-refractivity contribution is 5.68. The maximum atomic E-state index is 12.8. The lowest BCUT2D eigenvalue weighted by atomic mass is 10.1. The molecule has 0 saturated carbocycles. The fraction of sp³-hybridized carbons (Fsp3) is 0.400. The molecule has 1 fully saturated rings. The van der Waals surface area contributed by atoms with Crippen molar-refractivity contribution < 1.29 is 18.3 Å². The van der Waals surface area contributed by atoms with Crippen LogP contribution in [0.15, 0.2) is 49.3 Å². The molecule has 6 nitrogen and oxygen atoms in total. The Labute approximate surface area is 167 Å². The first-order valence-electron chi connectivity index (χ1n) is 9.38. The molecule has 0 spiro atoms. The van der Waals surface area contributed by atoms with Gasteiger partial charge in [0.05, 0.1) is 5.56 Å². The van der Waals surface area contributed by atoms with Crippen molar-refractivity contribution in [2.75, 3.05) is 43.0 Å². The molecule has 0 radical (unpaired) electrons. The van der Waals surface area contributed by atoms with Crippen LogP contribution in [0.3, 0.4) is 0 Å². The lowest BCUT2D eigenvalue weighted by Crippen LogP contribution is -2.53. The minimum absolute atomic E-state index is 0.0866. The van der Waals surface area contributed by atoms with Gasteiger partial charge in [0, 0.05) is 56.9 Å². The van der Waals surface area contributed by atoms with E-state index in [0.717, 1.165) is 31.8 Å². The van der Waals surface area contributed by atoms with E-state index in [-0.39, 0.29) is 12.6 Å². The van der Waals surface area contributed by atoms with Crippen molar-refractivity contribution in [2.45, 2.75) is 18.6 Å². The smallest absolute Gasteiger partial charge is 0.396 e. The summed E-state index contributed by atoms with van der Waals surface area (Å²) < 4.78 is 38.3. The second-order valence-corrected chi connectivity index (χ2v) is 6.82. The van der Waals surface area contributed by atoms with Crippen molar-refractivity contribution in [3.8, 4) is 0 Å². The molecule has 1 aliphatic rings. The van der Waals surface area contributed by atoms with Gasteiger partial charge in [0.1, 0.15) is 0 Å². The van der Waals surface area contributed by atoms with E-state index in [1.165, 1.54) is 18.3 Å². The van der Waals surface area contributed by atoms with E-state index >= 15 is 0 Å². The van der Waals surface area contributed by atoms with E-state index in [9.17, 15) is 18.3 Å². The average molecular weight is 407 g/mol. The normalized spacial score (nSPS) is 17.9. The van der Waals surface area contributed by atoms with Gasteiger partial charge in [0.15, 0.2) is 11.6 Å². The number of anilines is 3. The van der Waals surface area contributed by atoms with Crippen LogP contribution in [0.25, 0.3) is 0 Å². The zero-order valence-corrected chi connectivity index (χ0v) is 15.9. The monoisotopic (exact) mass is 407 g/mol. The number of halogens is 3. The molecule has 2 N–H and O–H groups in total. The lowest BCUT2D eigenvalue weighted by molar-refractivity contribution is -0.137. The van der Waals surface area contributed by atoms with E-state index < -0.39 is 11.7 Å². The maximum Gasteiger partial charge on any atom is 0.416 e. The van der Waals surface area contributed by atoms with Crippen LogP contribution in [0, 0.1) is 0 Å². The molecule has 0 bridgehead atoms. The molecule has 2 heterocycles. The number of hydrogen-bond acceptors (Lipinski definition) is 6. The molecule has 1 atom stereocenters. The van der Waals surface area contributed by atoms with Gasteiger partial charge in [-0.15, -0.1) is 6.58 Å². The van der Waals surface area contributed by atoms with Gasteiger partial charge in [0.2, 0.25) is 0 Å². The van der Waals surface area contributed by atoms with E-state index in [0.29, 0.717) is 30.3 Å². The predicted octanol–water partition coefficient (Wildman–Crippen LogP) is 3.30. The van der Waals surface area contributed by atoms with Gasteiger partial charge in [0.25, 0.3) is 0 Å². The summed E-state index contributed by atoms with van der Waals surface area (Å²) in [6.45, 7) is 6.79. The summed E-state index contributed by atoms with van der Waals surface area (Å²) in [6.07, 6.45) is 1.23. The van der Waals surface area contributed by atoms with Crippen molar-refractivity contribution >= 4 is 17.3 Å². The summed E-state index contributed by atoms with van der Waals surface area (Å²) in [5.74, 6) is 1.11. The van der Waals surface area contributed by atoms with Crippen molar-refractivity contribution in [2.24, 2.45) is 0 Å². The van der Waals surface area contributed by atoms with Gasteiger partial charge in [-0.3, -0.25) is 4.90 Å². The Kier molecular flexibility index (Phi) is 6.71. The minimum atomic E-state index is -4.37. The molecule has 2 aromatic rings. The highest BCUT2D eigenvalue weighted by Crippen LogP contribution is 2.31. The minimum Gasteiger partial charge on any atom is -0.396 e. The summed E-state index contributed by atoms with van der Waals surface area (Å²) in [5.41, 5.74) is -0.204. The fourth-order valence-electron chi connectivity index (χ4n) is 3.44. The number of piperazine rings is 1. The largest absolute Gasteiger partial charge is 0.416 e. The molecule has 1 aromatic heterocycles. The number of nitrogens with one attached hydrogen (secondary N) is 1. The van der Waals surface area contributed by atoms with Crippen LogP contribution in [0.2, 0.25) is 0 Å². The molecule has 1 aliphatic heterocycles. The number of aliphatic hydroxyl groups is 1. The van der Waals surface area contributed by atoms with Gasteiger partial charge in [-0.05, 0) is 30.7 Å². The van der Waals surface area contributed by atoms with Gasteiger partial charge in [-0.1, -0.05) is 6.08 Å². The number of aromatic nitrogens is 2. The summed E-state index contributed by atoms with van der Waals surface area (Å²) in [6, 6.07) is 4.95. The number of hydrogen-bond donors (Lipinski definition) is 2. The lowest BCUT2D eigenvalue weighted by Gasteiger charge is -2.41. The van der Waals surface area contributed by atoms with Crippen LogP contribution in [0.5, 0.6) is 0 Å². The van der Waals surface area contributed by atoms with Crippen molar-refractivity contribution in [1.82, 2.24) is 14.9 Å². The van der Waals surface area contributed by atoms with E-state index in [1.54, 1.807) is 6.20 Å². The van der Waals surface area contributed by atoms with Crippen LogP contribution in [0.1, 0.15) is 12.0 Å². The Hall–Kier alpha value is -2.65. The first-order chi connectivity index (χ1) is 13.9. The second kappa shape index (κ2) is 9.23. The van der Waals surface area contributed by atoms with E-state index in [1.807, 2.05) is 6.08 Å². The van der Waals surface area contributed by atoms with Gasteiger partial charge < -0.3 is 15.3 Å². The van der Waals surface area contributed by atoms with Crippen LogP contribution in [-0.4, -0.2) is 58.8 Å². The standard InChI is InChI=1S/C20H24F3N5O/c1-2-10-27-11-12-28(14-17(27)7-13-29)19-18(24-8-9-25-19)26-16-5-3-15(4-6-16)20(21,22)23/h2-6,8-9,17,29H,1,7,10-14H2,(H,24,26)/t17-/m0/s1. The third-order valence-electron chi connectivity index (χ3n) is 4.88. The van der Waals surface area contributed by atoms with Crippen LogP contribution < -0.4 is 10.2 Å². The summed E-state index contributed by atoms with van der Waals surface area (Å²) >= 11 is 0. The first-order valence-corrected chi connectivity index (χ1v) is 9.38. The third kappa shape index (κ3) is 5.24. The molecule has 0 amide bonds. The maximum absolute atomic E-state index is 12.8. The quantitative estimate of drug-likeness (QED) is 0.687.